The van der Waals surface area contributed by atoms with Gasteiger partial charge >= 0.3 is 6.18 Å². The number of alkyl halides is 3. The quantitative estimate of drug-likeness (QED) is 0.912. The Kier molecular flexibility index (Phi) is 3.81. The van der Waals surface area contributed by atoms with E-state index in [1.54, 1.807) is 6.92 Å². The SMILES string of the molecule is Cc1nc(Sc2ccc(CO)c(C(F)(F)F)c2)n[nH]1. The summed E-state index contributed by atoms with van der Waals surface area (Å²) in [5.74, 6) is 0.588. The molecule has 0 atom stereocenters. The minimum Gasteiger partial charge on any atom is -0.392 e. The van der Waals surface area contributed by atoms with Gasteiger partial charge in [-0.2, -0.15) is 13.2 Å². The van der Waals surface area contributed by atoms with Crippen molar-refractivity contribution in [3.63, 3.8) is 0 Å². The molecule has 19 heavy (non-hydrogen) atoms. The van der Waals surface area contributed by atoms with Gasteiger partial charge in [0.2, 0.25) is 5.16 Å². The van der Waals surface area contributed by atoms with Crippen LogP contribution in [0.25, 0.3) is 0 Å². The van der Waals surface area contributed by atoms with Gasteiger partial charge in [0.1, 0.15) is 5.82 Å². The van der Waals surface area contributed by atoms with Crippen LogP contribution < -0.4 is 0 Å². The first-order valence-corrected chi connectivity index (χ1v) is 6.09. The number of aliphatic hydroxyl groups excluding tert-OH is 1. The number of nitrogens with one attached hydrogen (secondary N) is 1. The monoisotopic (exact) mass is 289 g/mol. The number of aromatic amines is 1. The summed E-state index contributed by atoms with van der Waals surface area (Å²) in [5, 5.41) is 15.7. The summed E-state index contributed by atoms with van der Waals surface area (Å²) < 4.78 is 38.4. The van der Waals surface area contributed by atoms with E-state index in [9.17, 15) is 13.2 Å². The molecular weight excluding hydrogens is 279 g/mol. The average molecular weight is 289 g/mol. The van der Waals surface area contributed by atoms with E-state index in [1.165, 1.54) is 12.1 Å². The highest BCUT2D eigenvalue weighted by atomic mass is 32.2. The summed E-state index contributed by atoms with van der Waals surface area (Å²) >= 11 is 1.02. The fourth-order valence-electron chi connectivity index (χ4n) is 1.49. The zero-order chi connectivity index (χ0) is 14.0. The molecule has 1 aromatic carbocycles. The molecule has 0 saturated heterocycles. The number of halogens is 3. The van der Waals surface area contributed by atoms with Crippen LogP contribution in [-0.2, 0) is 12.8 Å². The highest BCUT2D eigenvalue weighted by molar-refractivity contribution is 7.99. The van der Waals surface area contributed by atoms with Gasteiger partial charge in [-0.15, -0.1) is 5.10 Å². The first-order chi connectivity index (χ1) is 8.90. The van der Waals surface area contributed by atoms with E-state index >= 15 is 0 Å². The molecule has 2 N–H and O–H groups in total. The highest BCUT2D eigenvalue weighted by Gasteiger charge is 2.33. The summed E-state index contributed by atoms with van der Waals surface area (Å²) in [6, 6.07) is 3.74. The van der Waals surface area contributed by atoms with Crippen LogP contribution in [-0.4, -0.2) is 20.3 Å². The van der Waals surface area contributed by atoms with Crippen LogP contribution in [0.3, 0.4) is 0 Å². The van der Waals surface area contributed by atoms with Crippen LogP contribution in [0.2, 0.25) is 0 Å². The zero-order valence-corrected chi connectivity index (χ0v) is 10.6. The summed E-state index contributed by atoms with van der Waals surface area (Å²) in [6.45, 7) is 1.05. The maximum Gasteiger partial charge on any atom is 0.416 e. The van der Waals surface area contributed by atoms with E-state index in [-0.39, 0.29) is 5.56 Å². The fourth-order valence-corrected chi connectivity index (χ4v) is 2.29. The molecule has 2 rings (SSSR count). The van der Waals surface area contributed by atoms with Gasteiger partial charge in [-0.3, -0.25) is 5.10 Å². The molecule has 0 fully saturated rings. The van der Waals surface area contributed by atoms with Crippen LogP contribution in [0.4, 0.5) is 13.2 Å². The van der Waals surface area contributed by atoms with Crippen LogP contribution in [0.1, 0.15) is 17.0 Å². The van der Waals surface area contributed by atoms with Crippen molar-refractivity contribution in [1.29, 1.82) is 0 Å². The molecule has 0 aliphatic rings. The van der Waals surface area contributed by atoms with Gasteiger partial charge in [0.25, 0.3) is 0 Å². The van der Waals surface area contributed by atoms with Gasteiger partial charge in [0, 0.05) is 4.90 Å². The van der Waals surface area contributed by atoms with Crippen LogP contribution >= 0.6 is 11.8 Å². The van der Waals surface area contributed by atoms with Gasteiger partial charge in [-0.25, -0.2) is 4.98 Å². The van der Waals surface area contributed by atoms with Gasteiger partial charge < -0.3 is 5.11 Å². The normalized spacial score (nSPS) is 11.8. The Morgan fingerprint density at radius 2 is 2.11 bits per heavy atom. The minimum absolute atomic E-state index is 0.150. The largest absolute Gasteiger partial charge is 0.416 e. The van der Waals surface area contributed by atoms with E-state index in [0.717, 1.165) is 17.8 Å². The second-order valence-electron chi connectivity index (χ2n) is 3.78. The van der Waals surface area contributed by atoms with Gasteiger partial charge in [-0.05, 0) is 36.4 Å². The third-order valence-corrected chi connectivity index (χ3v) is 3.20. The van der Waals surface area contributed by atoms with Crippen LogP contribution in [0.5, 0.6) is 0 Å². The number of hydrogen-bond acceptors (Lipinski definition) is 4. The molecule has 0 aliphatic heterocycles. The van der Waals surface area contributed by atoms with Crippen molar-refractivity contribution < 1.29 is 18.3 Å². The second kappa shape index (κ2) is 5.22. The first kappa shape index (κ1) is 13.9. The van der Waals surface area contributed by atoms with Crippen molar-refractivity contribution in [2.45, 2.75) is 29.8 Å². The van der Waals surface area contributed by atoms with Crippen molar-refractivity contribution >= 4 is 11.8 Å². The Bertz CT molecular complexity index is 583. The Hall–Kier alpha value is -1.54. The lowest BCUT2D eigenvalue weighted by Gasteiger charge is -2.12. The molecule has 102 valence electrons. The molecule has 1 aromatic heterocycles. The van der Waals surface area contributed by atoms with Crippen molar-refractivity contribution in [2.75, 3.05) is 0 Å². The summed E-state index contributed by atoms with van der Waals surface area (Å²) in [5.41, 5.74) is -0.990. The molecule has 2 aromatic rings. The van der Waals surface area contributed by atoms with Gasteiger partial charge in [-0.1, -0.05) is 6.07 Å². The van der Waals surface area contributed by atoms with E-state index in [0.29, 0.717) is 15.9 Å². The van der Waals surface area contributed by atoms with E-state index in [2.05, 4.69) is 15.2 Å². The number of rotatable bonds is 3. The van der Waals surface area contributed by atoms with Crippen molar-refractivity contribution in [1.82, 2.24) is 15.2 Å². The number of aliphatic hydroxyl groups is 1. The number of hydrogen-bond donors (Lipinski definition) is 2. The number of nitrogens with zero attached hydrogens (tertiary/aromatic N) is 2. The number of aromatic nitrogens is 3. The maximum absolute atomic E-state index is 12.8. The van der Waals surface area contributed by atoms with Crippen molar-refractivity contribution in [3.8, 4) is 0 Å². The molecule has 0 aliphatic carbocycles. The molecule has 8 heteroatoms. The molecule has 0 amide bonds. The molecule has 0 radical (unpaired) electrons. The standard InChI is InChI=1S/C11H10F3N3OS/c1-6-15-10(17-16-6)19-8-3-2-7(5-18)9(4-8)11(12,13)14/h2-4,18H,5H2,1H3,(H,15,16,17). The minimum atomic E-state index is -4.50. The number of H-pyrrole nitrogens is 1. The van der Waals surface area contributed by atoms with E-state index in [1.807, 2.05) is 0 Å². The van der Waals surface area contributed by atoms with Crippen LogP contribution in [0.15, 0.2) is 28.3 Å². The molecule has 0 saturated carbocycles. The number of aryl methyl sites for hydroxylation is 1. The van der Waals surface area contributed by atoms with Crippen LogP contribution in [0, 0.1) is 6.92 Å². The first-order valence-electron chi connectivity index (χ1n) is 5.28. The fraction of sp³-hybridized carbons (Fsp3) is 0.273. The summed E-state index contributed by atoms with van der Waals surface area (Å²) in [6.07, 6.45) is -4.50. The Labute approximate surface area is 111 Å². The van der Waals surface area contributed by atoms with E-state index < -0.39 is 18.3 Å². The Morgan fingerprint density at radius 3 is 2.63 bits per heavy atom. The molecule has 0 bridgehead atoms. The summed E-state index contributed by atoms with van der Waals surface area (Å²) in [7, 11) is 0. The predicted molar refractivity (Wildman–Crippen MR) is 62.6 cm³/mol. The third-order valence-electron chi connectivity index (χ3n) is 2.34. The zero-order valence-electron chi connectivity index (χ0n) is 9.82. The molecule has 4 nitrogen and oxygen atoms in total. The van der Waals surface area contributed by atoms with Crippen molar-refractivity contribution in [2.24, 2.45) is 0 Å². The topological polar surface area (TPSA) is 61.8 Å². The van der Waals surface area contributed by atoms with Gasteiger partial charge in [0.15, 0.2) is 0 Å². The predicted octanol–water partition coefficient (Wildman–Crippen LogP) is 2.78. The smallest absolute Gasteiger partial charge is 0.392 e. The average Bonchev–Trinajstić information content (AvgIpc) is 2.73. The highest BCUT2D eigenvalue weighted by Crippen LogP contribution is 2.35. The third kappa shape index (κ3) is 3.27. The van der Waals surface area contributed by atoms with E-state index in [4.69, 9.17) is 5.11 Å². The molecule has 0 unspecified atom stereocenters. The Morgan fingerprint density at radius 1 is 1.37 bits per heavy atom. The molecule has 0 spiro atoms. The lowest BCUT2D eigenvalue weighted by Crippen LogP contribution is -2.09. The lowest BCUT2D eigenvalue weighted by molar-refractivity contribution is -0.138. The molecular formula is C11H10F3N3OS. The van der Waals surface area contributed by atoms with Gasteiger partial charge in [0.05, 0.1) is 12.2 Å². The second-order valence-corrected chi connectivity index (χ2v) is 4.82. The maximum atomic E-state index is 12.8. The lowest BCUT2D eigenvalue weighted by atomic mass is 10.1. The van der Waals surface area contributed by atoms with Crippen molar-refractivity contribution in [3.05, 3.63) is 35.2 Å². The summed E-state index contributed by atoms with van der Waals surface area (Å²) in [4.78, 5) is 4.37. The molecule has 1 heterocycles. The number of benzene rings is 1. The Balaban J connectivity index is 2.32.